The first-order valence-corrected chi connectivity index (χ1v) is 4.84. The fourth-order valence-electron chi connectivity index (χ4n) is 1.72. The summed E-state index contributed by atoms with van der Waals surface area (Å²) in [6.45, 7) is 2.89. The minimum absolute atomic E-state index is 0.177. The zero-order valence-corrected chi connectivity index (χ0v) is 8.47. The van der Waals surface area contributed by atoms with E-state index in [1.807, 2.05) is 31.2 Å². The van der Waals surface area contributed by atoms with Gasteiger partial charge in [0.1, 0.15) is 5.58 Å². The number of furan rings is 1. The first kappa shape index (κ1) is 9.77. The van der Waals surface area contributed by atoms with Crippen molar-refractivity contribution in [2.45, 2.75) is 12.8 Å². The first-order valence-electron chi connectivity index (χ1n) is 4.84. The van der Waals surface area contributed by atoms with E-state index in [1.165, 1.54) is 0 Å². The summed E-state index contributed by atoms with van der Waals surface area (Å²) in [4.78, 5) is 10.1. The van der Waals surface area contributed by atoms with Gasteiger partial charge in [-0.25, -0.2) is 0 Å². The normalized spacial score (nSPS) is 12.6. The summed E-state index contributed by atoms with van der Waals surface area (Å²) in [6, 6.07) is 7.82. The van der Waals surface area contributed by atoms with E-state index in [0.29, 0.717) is 13.1 Å². The predicted molar refractivity (Wildman–Crippen MR) is 56.6 cm³/mol. The minimum atomic E-state index is 0.177. The lowest BCUT2D eigenvalue weighted by Crippen LogP contribution is -2.03. The van der Waals surface area contributed by atoms with Crippen LogP contribution in [0.25, 0.3) is 11.0 Å². The van der Waals surface area contributed by atoms with Crippen molar-refractivity contribution in [3.8, 4) is 0 Å². The molecule has 0 aliphatic rings. The van der Waals surface area contributed by atoms with Gasteiger partial charge in [-0.15, -0.1) is 0 Å². The Morgan fingerprint density at radius 2 is 2.33 bits per heavy atom. The van der Waals surface area contributed by atoms with Crippen LogP contribution in [0.1, 0.15) is 18.4 Å². The van der Waals surface area contributed by atoms with Gasteiger partial charge in [-0.1, -0.05) is 19.1 Å². The van der Waals surface area contributed by atoms with Crippen LogP contribution in [0.2, 0.25) is 0 Å². The second-order valence-corrected chi connectivity index (χ2v) is 3.51. The maximum Gasteiger partial charge on any atom is 0.293 e. The summed E-state index contributed by atoms with van der Waals surface area (Å²) < 4.78 is 10.1. The van der Waals surface area contributed by atoms with Gasteiger partial charge in [-0.3, -0.25) is 4.79 Å². The van der Waals surface area contributed by atoms with Crippen LogP contribution in [-0.4, -0.2) is 13.1 Å². The fourth-order valence-corrected chi connectivity index (χ4v) is 1.72. The predicted octanol–water partition coefficient (Wildman–Crippen LogP) is 2.71. The molecule has 0 aliphatic heterocycles. The zero-order valence-electron chi connectivity index (χ0n) is 8.47. The van der Waals surface area contributed by atoms with E-state index in [1.54, 1.807) is 6.26 Å². The maximum atomic E-state index is 10.1. The third-order valence-corrected chi connectivity index (χ3v) is 2.47. The van der Waals surface area contributed by atoms with Gasteiger partial charge in [0.05, 0.1) is 12.9 Å². The van der Waals surface area contributed by atoms with Crippen molar-refractivity contribution >= 4 is 17.4 Å². The molecule has 0 aliphatic carbocycles. The number of hydrogen-bond acceptors (Lipinski definition) is 3. The van der Waals surface area contributed by atoms with Gasteiger partial charge in [0.25, 0.3) is 6.47 Å². The molecule has 0 spiro atoms. The van der Waals surface area contributed by atoms with Gasteiger partial charge < -0.3 is 9.15 Å². The molecule has 15 heavy (non-hydrogen) atoms. The monoisotopic (exact) mass is 204 g/mol. The number of ether oxygens (including phenoxy) is 1. The van der Waals surface area contributed by atoms with Crippen molar-refractivity contribution < 1.29 is 13.9 Å². The third-order valence-electron chi connectivity index (χ3n) is 2.47. The molecule has 3 heteroatoms. The molecule has 1 aromatic carbocycles. The highest BCUT2D eigenvalue weighted by molar-refractivity contribution is 5.81. The highest BCUT2D eigenvalue weighted by Gasteiger charge is 2.10. The van der Waals surface area contributed by atoms with E-state index in [-0.39, 0.29) is 5.92 Å². The lowest BCUT2D eigenvalue weighted by molar-refractivity contribution is -0.129. The highest BCUT2D eigenvalue weighted by Crippen LogP contribution is 2.26. The second-order valence-electron chi connectivity index (χ2n) is 3.51. The van der Waals surface area contributed by atoms with Crippen molar-refractivity contribution in [3.05, 3.63) is 36.1 Å². The minimum Gasteiger partial charge on any atom is -0.467 e. The number of carbonyl (C=O) groups excluding carboxylic acids is 1. The fraction of sp³-hybridized carbons (Fsp3) is 0.250. The standard InChI is InChI=1S/C12H12O3/c1-9(7-14-8-13)10-3-2-4-12-11(10)5-6-15-12/h2-6,8-9H,7H2,1H3. The summed E-state index contributed by atoms with van der Waals surface area (Å²) in [6.07, 6.45) is 1.67. The molecule has 0 N–H and O–H groups in total. The molecule has 0 saturated heterocycles. The van der Waals surface area contributed by atoms with Gasteiger partial charge in [-0.2, -0.15) is 0 Å². The van der Waals surface area contributed by atoms with Crippen molar-refractivity contribution in [1.29, 1.82) is 0 Å². The van der Waals surface area contributed by atoms with Crippen LogP contribution in [0.3, 0.4) is 0 Å². The topological polar surface area (TPSA) is 39.4 Å². The average molecular weight is 204 g/mol. The van der Waals surface area contributed by atoms with E-state index in [0.717, 1.165) is 16.5 Å². The Balaban J connectivity index is 2.33. The molecule has 0 saturated carbocycles. The van der Waals surface area contributed by atoms with Gasteiger partial charge >= 0.3 is 0 Å². The van der Waals surface area contributed by atoms with E-state index in [4.69, 9.17) is 9.15 Å². The Kier molecular flexibility index (Phi) is 2.72. The van der Waals surface area contributed by atoms with Crippen LogP contribution >= 0.6 is 0 Å². The van der Waals surface area contributed by atoms with Crippen LogP contribution in [0.4, 0.5) is 0 Å². The highest BCUT2D eigenvalue weighted by atomic mass is 16.5. The molecule has 3 nitrogen and oxygen atoms in total. The van der Waals surface area contributed by atoms with Gasteiger partial charge in [0.15, 0.2) is 0 Å². The zero-order chi connectivity index (χ0) is 10.7. The van der Waals surface area contributed by atoms with Crippen LogP contribution in [0.5, 0.6) is 0 Å². The van der Waals surface area contributed by atoms with Gasteiger partial charge in [0.2, 0.25) is 0 Å². The summed E-state index contributed by atoms with van der Waals surface area (Å²) in [5.41, 5.74) is 2.01. The molecule has 0 amide bonds. The summed E-state index contributed by atoms with van der Waals surface area (Å²) in [7, 11) is 0. The van der Waals surface area contributed by atoms with Crippen molar-refractivity contribution in [2.75, 3.05) is 6.61 Å². The molecule has 0 radical (unpaired) electrons. The molecule has 0 bridgehead atoms. The molecule has 2 aromatic rings. The summed E-state index contributed by atoms with van der Waals surface area (Å²) in [5, 5.41) is 1.08. The van der Waals surface area contributed by atoms with Crippen LogP contribution < -0.4 is 0 Å². The number of rotatable bonds is 4. The number of fused-ring (bicyclic) bond motifs is 1. The Bertz CT molecular complexity index is 459. The van der Waals surface area contributed by atoms with Gasteiger partial charge in [0, 0.05) is 11.3 Å². The number of hydrogen-bond donors (Lipinski definition) is 0. The van der Waals surface area contributed by atoms with Crippen LogP contribution in [0.15, 0.2) is 34.9 Å². The Morgan fingerprint density at radius 1 is 1.47 bits per heavy atom. The van der Waals surface area contributed by atoms with E-state index >= 15 is 0 Å². The summed E-state index contributed by atoms with van der Waals surface area (Å²) >= 11 is 0. The number of benzene rings is 1. The lowest BCUT2D eigenvalue weighted by atomic mass is 9.98. The molecule has 1 unspecified atom stereocenters. The smallest absolute Gasteiger partial charge is 0.293 e. The molecule has 0 fully saturated rings. The third kappa shape index (κ3) is 1.86. The molecular formula is C12H12O3. The molecule has 78 valence electrons. The maximum absolute atomic E-state index is 10.1. The molecule has 2 rings (SSSR count). The van der Waals surface area contributed by atoms with Crippen molar-refractivity contribution in [1.82, 2.24) is 0 Å². The molecule has 1 heterocycles. The van der Waals surface area contributed by atoms with Crippen LogP contribution in [-0.2, 0) is 9.53 Å². The molecule has 1 aromatic heterocycles. The largest absolute Gasteiger partial charge is 0.467 e. The second kappa shape index (κ2) is 4.17. The van der Waals surface area contributed by atoms with E-state index < -0.39 is 0 Å². The van der Waals surface area contributed by atoms with Crippen LogP contribution in [0, 0.1) is 0 Å². The van der Waals surface area contributed by atoms with Gasteiger partial charge in [-0.05, 0) is 17.7 Å². The Hall–Kier alpha value is -1.77. The first-order chi connectivity index (χ1) is 7.33. The van der Waals surface area contributed by atoms with E-state index in [9.17, 15) is 4.79 Å². The Labute approximate surface area is 87.6 Å². The van der Waals surface area contributed by atoms with Crippen molar-refractivity contribution in [3.63, 3.8) is 0 Å². The SMILES string of the molecule is CC(COC=O)c1cccc2occc12. The average Bonchev–Trinajstić information content (AvgIpc) is 2.73. The molecular weight excluding hydrogens is 192 g/mol. The lowest BCUT2D eigenvalue weighted by Gasteiger charge is -2.10. The number of carbonyl (C=O) groups is 1. The molecule has 1 atom stereocenters. The van der Waals surface area contributed by atoms with E-state index in [2.05, 4.69) is 0 Å². The van der Waals surface area contributed by atoms with Crippen molar-refractivity contribution in [2.24, 2.45) is 0 Å². The quantitative estimate of drug-likeness (QED) is 0.719. The Morgan fingerprint density at radius 3 is 3.13 bits per heavy atom. The summed E-state index contributed by atoms with van der Waals surface area (Å²) in [5.74, 6) is 0.177.